The molecule has 32 heavy (non-hydrogen) atoms. The second kappa shape index (κ2) is 9.52. The highest BCUT2D eigenvalue weighted by Gasteiger charge is 2.16. The summed E-state index contributed by atoms with van der Waals surface area (Å²) in [5.41, 5.74) is 1.28. The maximum atomic E-state index is 13.2. The van der Waals surface area contributed by atoms with E-state index in [2.05, 4.69) is 15.3 Å². The molecule has 1 amide bonds. The average Bonchev–Trinajstić information content (AvgIpc) is 2.83. The van der Waals surface area contributed by atoms with E-state index in [1.54, 1.807) is 43.6 Å². The van der Waals surface area contributed by atoms with Gasteiger partial charge in [-0.3, -0.25) is 14.2 Å². The summed E-state index contributed by atoms with van der Waals surface area (Å²) in [6.07, 6.45) is 1.58. The topological polar surface area (TPSA) is 95.3 Å². The summed E-state index contributed by atoms with van der Waals surface area (Å²) in [5.74, 6) is 0.867. The van der Waals surface area contributed by atoms with Crippen LogP contribution in [0.4, 0.5) is 5.69 Å². The van der Waals surface area contributed by atoms with Crippen LogP contribution in [-0.2, 0) is 4.79 Å². The van der Waals surface area contributed by atoms with Crippen LogP contribution in [0.1, 0.15) is 0 Å². The first kappa shape index (κ1) is 21.4. The highest BCUT2D eigenvalue weighted by atomic mass is 32.2. The molecule has 2 aromatic heterocycles. The number of ether oxygens (including phenoxy) is 2. The lowest BCUT2D eigenvalue weighted by Gasteiger charge is -2.14. The molecule has 0 spiro atoms. The minimum Gasteiger partial charge on any atom is -0.497 e. The highest BCUT2D eigenvalue weighted by Crippen LogP contribution is 2.29. The number of pyridine rings is 1. The molecular weight excluding hydrogens is 428 g/mol. The Balaban J connectivity index is 1.62. The first-order valence-corrected chi connectivity index (χ1v) is 10.7. The van der Waals surface area contributed by atoms with Crippen molar-refractivity contribution in [3.8, 4) is 17.2 Å². The van der Waals surface area contributed by atoms with Crippen molar-refractivity contribution in [2.45, 2.75) is 5.16 Å². The van der Waals surface area contributed by atoms with Crippen LogP contribution in [0.25, 0.3) is 16.7 Å². The second-order valence-electron chi connectivity index (χ2n) is 6.65. The molecule has 4 aromatic rings. The molecule has 0 aliphatic heterocycles. The first-order valence-electron chi connectivity index (χ1n) is 9.68. The highest BCUT2D eigenvalue weighted by molar-refractivity contribution is 7.99. The van der Waals surface area contributed by atoms with Gasteiger partial charge in [-0.25, -0.2) is 9.97 Å². The van der Waals surface area contributed by atoms with Gasteiger partial charge in [-0.15, -0.1) is 0 Å². The van der Waals surface area contributed by atoms with Gasteiger partial charge >= 0.3 is 0 Å². The van der Waals surface area contributed by atoms with E-state index in [0.29, 0.717) is 39.1 Å². The number of aromatic nitrogens is 3. The number of nitrogens with zero attached hydrogens (tertiary/aromatic N) is 3. The molecule has 0 aliphatic rings. The lowest BCUT2D eigenvalue weighted by molar-refractivity contribution is -0.113. The fourth-order valence-electron chi connectivity index (χ4n) is 3.12. The van der Waals surface area contributed by atoms with Gasteiger partial charge in [0.1, 0.15) is 11.5 Å². The van der Waals surface area contributed by atoms with Gasteiger partial charge in [-0.1, -0.05) is 30.0 Å². The summed E-state index contributed by atoms with van der Waals surface area (Å²) in [7, 11) is 3.07. The van der Waals surface area contributed by atoms with Gasteiger partial charge in [-0.05, 0) is 36.4 Å². The number of rotatable bonds is 7. The number of carbonyl (C=O) groups is 1. The third kappa shape index (κ3) is 4.42. The normalized spacial score (nSPS) is 10.7. The van der Waals surface area contributed by atoms with E-state index >= 15 is 0 Å². The number of thioether (sulfide) groups is 1. The minimum atomic E-state index is -0.270. The molecule has 2 aromatic carbocycles. The lowest BCUT2D eigenvalue weighted by Crippen LogP contribution is -2.23. The second-order valence-corrected chi connectivity index (χ2v) is 7.59. The molecule has 2 heterocycles. The lowest BCUT2D eigenvalue weighted by atomic mass is 10.2. The van der Waals surface area contributed by atoms with Crippen LogP contribution in [0.3, 0.4) is 0 Å². The number of benzene rings is 2. The van der Waals surface area contributed by atoms with Crippen molar-refractivity contribution in [1.29, 1.82) is 0 Å². The summed E-state index contributed by atoms with van der Waals surface area (Å²) in [5, 5.41) is 3.61. The molecule has 0 saturated heterocycles. The van der Waals surface area contributed by atoms with Gasteiger partial charge in [-0.2, -0.15) is 0 Å². The van der Waals surface area contributed by atoms with Gasteiger partial charge in [0, 0.05) is 12.3 Å². The quantitative estimate of drug-likeness (QED) is 0.341. The smallest absolute Gasteiger partial charge is 0.268 e. The predicted molar refractivity (Wildman–Crippen MR) is 124 cm³/mol. The maximum Gasteiger partial charge on any atom is 0.268 e. The number of amides is 1. The van der Waals surface area contributed by atoms with Crippen LogP contribution in [-0.4, -0.2) is 40.4 Å². The Morgan fingerprint density at radius 1 is 1.06 bits per heavy atom. The summed E-state index contributed by atoms with van der Waals surface area (Å²) in [6.45, 7) is 0. The van der Waals surface area contributed by atoms with E-state index in [0.717, 1.165) is 11.8 Å². The molecule has 8 nitrogen and oxygen atoms in total. The number of nitrogens with one attached hydrogen (secondary N) is 1. The minimum absolute atomic E-state index is 0.0345. The van der Waals surface area contributed by atoms with Gasteiger partial charge in [0.2, 0.25) is 5.91 Å². The molecule has 0 bridgehead atoms. The fourth-order valence-corrected chi connectivity index (χ4v) is 3.92. The average molecular weight is 449 g/mol. The van der Waals surface area contributed by atoms with E-state index in [1.807, 2.05) is 30.3 Å². The van der Waals surface area contributed by atoms with Crippen LogP contribution in [0.15, 0.2) is 76.8 Å². The summed E-state index contributed by atoms with van der Waals surface area (Å²) < 4.78 is 12.0. The van der Waals surface area contributed by atoms with E-state index in [4.69, 9.17) is 9.47 Å². The van der Waals surface area contributed by atoms with E-state index in [9.17, 15) is 9.59 Å². The Labute approximate surface area is 188 Å². The number of fused-ring (bicyclic) bond motifs is 1. The number of anilines is 1. The van der Waals surface area contributed by atoms with Crippen LogP contribution >= 0.6 is 11.8 Å². The summed E-state index contributed by atoms with van der Waals surface area (Å²) in [4.78, 5) is 34.6. The van der Waals surface area contributed by atoms with Crippen molar-refractivity contribution in [3.63, 3.8) is 0 Å². The fraction of sp³-hybridized carbons (Fsp3) is 0.130. The zero-order valence-corrected chi connectivity index (χ0v) is 18.3. The predicted octanol–water partition coefficient (Wildman–Crippen LogP) is 3.53. The van der Waals surface area contributed by atoms with Crippen LogP contribution in [0.2, 0.25) is 0 Å². The van der Waals surface area contributed by atoms with Crippen molar-refractivity contribution in [1.82, 2.24) is 14.5 Å². The standard InChI is InChI=1S/C23H20N4O4S/c1-30-16-10-11-18(19(13-16)31-2)25-20(28)14-32-23-26-21-17(9-6-12-24-21)22(29)27(23)15-7-4-3-5-8-15/h3-13H,14H2,1-2H3,(H,25,28). The molecule has 0 radical (unpaired) electrons. The van der Waals surface area contributed by atoms with Gasteiger partial charge in [0.25, 0.3) is 5.56 Å². The van der Waals surface area contributed by atoms with Crippen molar-refractivity contribution in [2.75, 3.05) is 25.3 Å². The molecule has 0 unspecified atom stereocenters. The van der Waals surface area contributed by atoms with E-state index < -0.39 is 0 Å². The third-order valence-corrected chi connectivity index (χ3v) is 5.58. The summed E-state index contributed by atoms with van der Waals surface area (Å²) in [6, 6.07) is 17.7. The number of hydrogen-bond acceptors (Lipinski definition) is 7. The molecular formula is C23H20N4O4S. The number of para-hydroxylation sites is 1. The van der Waals surface area contributed by atoms with Gasteiger partial charge in [0.05, 0.1) is 36.7 Å². The number of hydrogen-bond donors (Lipinski definition) is 1. The monoisotopic (exact) mass is 448 g/mol. The van der Waals surface area contributed by atoms with Crippen molar-refractivity contribution >= 4 is 34.4 Å². The molecule has 9 heteroatoms. The molecule has 162 valence electrons. The molecule has 0 saturated carbocycles. The molecule has 0 fully saturated rings. The Kier molecular flexibility index (Phi) is 6.37. The van der Waals surface area contributed by atoms with E-state index in [1.165, 1.54) is 11.7 Å². The third-order valence-electron chi connectivity index (χ3n) is 4.64. The maximum absolute atomic E-state index is 13.2. The Morgan fingerprint density at radius 2 is 1.88 bits per heavy atom. The van der Waals surface area contributed by atoms with Crippen molar-refractivity contribution < 1.29 is 14.3 Å². The molecule has 0 atom stereocenters. The molecule has 0 aliphatic carbocycles. The number of carbonyl (C=O) groups excluding carboxylic acids is 1. The molecule has 4 rings (SSSR count). The van der Waals surface area contributed by atoms with Crippen molar-refractivity contribution in [3.05, 3.63) is 77.2 Å². The Bertz CT molecular complexity index is 1320. The van der Waals surface area contributed by atoms with Gasteiger partial charge in [0.15, 0.2) is 10.8 Å². The van der Waals surface area contributed by atoms with Crippen LogP contribution in [0, 0.1) is 0 Å². The SMILES string of the molecule is COc1ccc(NC(=O)CSc2nc3ncccc3c(=O)n2-c2ccccc2)c(OC)c1. The van der Waals surface area contributed by atoms with Crippen molar-refractivity contribution in [2.24, 2.45) is 0 Å². The Hall–Kier alpha value is -3.85. The van der Waals surface area contributed by atoms with Gasteiger partial charge < -0.3 is 14.8 Å². The zero-order chi connectivity index (χ0) is 22.5. The first-order chi connectivity index (χ1) is 15.6. The number of methoxy groups -OCH3 is 2. The van der Waals surface area contributed by atoms with E-state index in [-0.39, 0.29) is 17.2 Å². The zero-order valence-electron chi connectivity index (χ0n) is 17.4. The van der Waals surface area contributed by atoms with Crippen LogP contribution in [0.5, 0.6) is 11.5 Å². The van der Waals surface area contributed by atoms with Crippen LogP contribution < -0.4 is 20.3 Å². The molecule has 1 N–H and O–H groups in total. The Morgan fingerprint density at radius 3 is 2.62 bits per heavy atom. The largest absolute Gasteiger partial charge is 0.497 e. The summed E-state index contributed by atoms with van der Waals surface area (Å²) >= 11 is 1.15.